The maximum Gasteiger partial charge on any atom is 0.418 e. The van der Waals surface area contributed by atoms with Crippen molar-refractivity contribution in [3.63, 3.8) is 0 Å². The monoisotopic (exact) mass is 432 g/mol. The standard InChI is InChI=1S/C19H17Cl2F3N2O2/c1-26(18-12-6-10(20)7-14(21)11(12)8-16(18)27)9-17(28)25-15-5-3-2-4-13(15)19(22,23)24/h2-7,16,18,27H,8-9H2,1H3,(H,25,28)/t16-,18+/m1/s1. The second-order valence-electron chi connectivity index (χ2n) is 6.68. The third-order valence-corrected chi connectivity index (χ3v) is 5.22. The molecule has 0 saturated heterocycles. The van der Waals surface area contributed by atoms with E-state index in [2.05, 4.69) is 5.32 Å². The predicted molar refractivity (Wildman–Crippen MR) is 102 cm³/mol. The molecule has 0 radical (unpaired) electrons. The van der Waals surface area contributed by atoms with Gasteiger partial charge in [0.05, 0.1) is 29.9 Å². The highest BCUT2D eigenvalue weighted by Gasteiger charge is 2.37. The minimum Gasteiger partial charge on any atom is -0.391 e. The number of carbonyl (C=O) groups excluding carboxylic acids is 1. The molecule has 0 aromatic heterocycles. The third kappa shape index (κ3) is 4.27. The Hall–Kier alpha value is -1.80. The fourth-order valence-corrected chi connectivity index (χ4v) is 4.10. The van der Waals surface area contributed by atoms with Gasteiger partial charge in [0.1, 0.15) is 0 Å². The normalized spacial score (nSPS) is 19.0. The van der Waals surface area contributed by atoms with Crippen LogP contribution >= 0.6 is 23.2 Å². The lowest BCUT2D eigenvalue weighted by Gasteiger charge is -2.27. The topological polar surface area (TPSA) is 52.6 Å². The summed E-state index contributed by atoms with van der Waals surface area (Å²) >= 11 is 12.2. The zero-order valence-electron chi connectivity index (χ0n) is 14.7. The van der Waals surface area contributed by atoms with Crippen LogP contribution in [0.1, 0.15) is 22.7 Å². The molecule has 1 aliphatic carbocycles. The van der Waals surface area contributed by atoms with Crippen LogP contribution in [0.4, 0.5) is 18.9 Å². The van der Waals surface area contributed by atoms with Crippen LogP contribution in [0, 0.1) is 0 Å². The summed E-state index contributed by atoms with van der Waals surface area (Å²) in [6.07, 6.45) is -5.09. The third-order valence-electron chi connectivity index (χ3n) is 4.67. The number of para-hydroxylation sites is 1. The van der Waals surface area contributed by atoms with Crippen LogP contribution in [-0.2, 0) is 17.4 Å². The molecule has 2 atom stereocenters. The number of anilines is 1. The smallest absolute Gasteiger partial charge is 0.391 e. The van der Waals surface area contributed by atoms with E-state index in [4.69, 9.17) is 23.2 Å². The van der Waals surface area contributed by atoms with Crippen molar-refractivity contribution in [3.05, 3.63) is 63.1 Å². The number of carbonyl (C=O) groups is 1. The van der Waals surface area contributed by atoms with E-state index in [-0.39, 0.29) is 12.2 Å². The van der Waals surface area contributed by atoms with Gasteiger partial charge in [-0.3, -0.25) is 9.69 Å². The Labute approximate surface area is 169 Å². The van der Waals surface area contributed by atoms with E-state index < -0.39 is 29.8 Å². The van der Waals surface area contributed by atoms with Gasteiger partial charge in [-0.1, -0.05) is 35.3 Å². The number of halogens is 5. The Morgan fingerprint density at radius 3 is 2.64 bits per heavy atom. The van der Waals surface area contributed by atoms with Crippen molar-refractivity contribution in [3.8, 4) is 0 Å². The first-order chi connectivity index (χ1) is 13.1. The van der Waals surface area contributed by atoms with Crippen molar-refractivity contribution >= 4 is 34.8 Å². The Morgan fingerprint density at radius 2 is 1.96 bits per heavy atom. The minimum atomic E-state index is -4.58. The van der Waals surface area contributed by atoms with Crippen LogP contribution in [0.5, 0.6) is 0 Å². The maximum atomic E-state index is 13.1. The fraction of sp³-hybridized carbons (Fsp3) is 0.316. The molecule has 0 unspecified atom stereocenters. The number of rotatable bonds is 4. The number of likely N-dealkylation sites (N-methyl/N-ethyl adjacent to an activating group) is 1. The minimum absolute atomic E-state index is 0.225. The Morgan fingerprint density at radius 1 is 1.29 bits per heavy atom. The molecule has 0 spiro atoms. The van der Waals surface area contributed by atoms with E-state index in [9.17, 15) is 23.1 Å². The van der Waals surface area contributed by atoms with E-state index in [0.717, 1.165) is 11.6 Å². The Kier molecular flexibility index (Phi) is 5.91. The lowest BCUT2D eigenvalue weighted by molar-refractivity contribution is -0.137. The van der Waals surface area contributed by atoms with Gasteiger partial charge in [-0.05, 0) is 42.4 Å². The number of alkyl halides is 3. The molecule has 1 aliphatic rings. The van der Waals surface area contributed by atoms with Crippen molar-refractivity contribution in [2.45, 2.75) is 24.7 Å². The summed E-state index contributed by atoms with van der Waals surface area (Å²) in [5, 5.41) is 13.6. The van der Waals surface area contributed by atoms with Crippen LogP contribution in [0.25, 0.3) is 0 Å². The summed E-state index contributed by atoms with van der Waals surface area (Å²) in [7, 11) is 1.60. The highest BCUT2D eigenvalue weighted by Crippen LogP contribution is 2.41. The predicted octanol–water partition coefficient (Wildman–Crippen LogP) is 4.54. The first-order valence-electron chi connectivity index (χ1n) is 8.40. The average molecular weight is 433 g/mol. The molecule has 2 aromatic rings. The number of fused-ring (bicyclic) bond motifs is 1. The van der Waals surface area contributed by atoms with Gasteiger partial charge >= 0.3 is 6.18 Å². The number of amides is 1. The van der Waals surface area contributed by atoms with Gasteiger partial charge < -0.3 is 10.4 Å². The number of nitrogens with one attached hydrogen (secondary N) is 1. The van der Waals surface area contributed by atoms with Gasteiger partial charge in [0.15, 0.2) is 0 Å². The van der Waals surface area contributed by atoms with Crippen molar-refractivity contribution in [2.75, 3.05) is 18.9 Å². The molecule has 0 aliphatic heterocycles. The van der Waals surface area contributed by atoms with E-state index >= 15 is 0 Å². The maximum absolute atomic E-state index is 13.1. The summed E-state index contributed by atoms with van der Waals surface area (Å²) < 4.78 is 39.2. The average Bonchev–Trinajstić information content (AvgIpc) is 2.90. The number of nitrogens with zero attached hydrogens (tertiary/aromatic N) is 1. The van der Waals surface area contributed by atoms with Crippen molar-refractivity contribution in [2.24, 2.45) is 0 Å². The first-order valence-corrected chi connectivity index (χ1v) is 9.15. The number of hydrogen-bond acceptors (Lipinski definition) is 3. The molecule has 0 fully saturated rings. The lowest BCUT2D eigenvalue weighted by Crippen LogP contribution is -2.37. The van der Waals surface area contributed by atoms with Gasteiger partial charge in [0, 0.05) is 16.5 Å². The van der Waals surface area contributed by atoms with Crippen molar-refractivity contribution in [1.82, 2.24) is 4.90 Å². The summed E-state index contributed by atoms with van der Waals surface area (Å²) in [5.41, 5.74) is 0.219. The van der Waals surface area contributed by atoms with Gasteiger partial charge in [0.2, 0.25) is 5.91 Å². The van der Waals surface area contributed by atoms with Crippen molar-refractivity contribution < 1.29 is 23.1 Å². The zero-order valence-corrected chi connectivity index (χ0v) is 16.2. The Balaban J connectivity index is 1.77. The molecular formula is C19H17Cl2F3N2O2. The Bertz CT molecular complexity index is 905. The lowest BCUT2D eigenvalue weighted by atomic mass is 10.1. The van der Waals surface area contributed by atoms with Crippen LogP contribution in [0.15, 0.2) is 36.4 Å². The van der Waals surface area contributed by atoms with Crippen LogP contribution < -0.4 is 5.32 Å². The van der Waals surface area contributed by atoms with Gasteiger partial charge in [0.25, 0.3) is 0 Å². The molecule has 2 aromatic carbocycles. The zero-order chi connectivity index (χ0) is 20.6. The highest BCUT2D eigenvalue weighted by atomic mass is 35.5. The van der Waals surface area contributed by atoms with Crippen molar-refractivity contribution in [1.29, 1.82) is 0 Å². The molecule has 3 rings (SSSR count). The van der Waals surface area contributed by atoms with Crippen LogP contribution in [0.3, 0.4) is 0 Å². The van der Waals surface area contributed by atoms with E-state index in [1.54, 1.807) is 24.1 Å². The number of hydrogen-bond donors (Lipinski definition) is 2. The largest absolute Gasteiger partial charge is 0.418 e. The highest BCUT2D eigenvalue weighted by molar-refractivity contribution is 6.35. The molecule has 1 amide bonds. The molecular weight excluding hydrogens is 416 g/mol. The van der Waals surface area contributed by atoms with Gasteiger partial charge in [-0.2, -0.15) is 13.2 Å². The van der Waals surface area contributed by atoms with Crippen LogP contribution in [-0.4, -0.2) is 35.6 Å². The molecule has 0 bridgehead atoms. The summed E-state index contributed by atoms with van der Waals surface area (Å²) in [6, 6.07) is 7.48. The molecule has 2 N–H and O–H groups in total. The molecule has 28 heavy (non-hydrogen) atoms. The summed E-state index contributed by atoms with van der Waals surface area (Å²) in [5.74, 6) is -0.632. The fourth-order valence-electron chi connectivity index (χ4n) is 3.52. The SMILES string of the molecule is CN(CC(=O)Nc1ccccc1C(F)(F)F)[C@H]1c2cc(Cl)cc(Cl)c2C[C@H]1O. The molecule has 0 heterocycles. The number of benzene rings is 2. The second-order valence-corrected chi connectivity index (χ2v) is 7.52. The van der Waals surface area contributed by atoms with Crippen LogP contribution in [0.2, 0.25) is 10.0 Å². The summed E-state index contributed by atoms with van der Waals surface area (Å²) in [6.45, 7) is -0.225. The van der Waals surface area contributed by atoms with E-state index in [1.165, 1.54) is 18.2 Å². The molecule has 9 heteroatoms. The van der Waals surface area contributed by atoms with E-state index in [0.29, 0.717) is 22.0 Å². The molecule has 150 valence electrons. The second kappa shape index (κ2) is 7.91. The van der Waals surface area contributed by atoms with Gasteiger partial charge in [-0.15, -0.1) is 0 Å². The van der Waals surface area contributed by atoms with Gasteiger partial charge in [-0.25, -0.2) is 0 Å². The molecule has 4 nitrogen and oxygen atoms in total. The molecule has 0 saturated carbocycles. The number of aliphatic hydroxyl groups is 1. The number of aliphatic hydroxyl groups excluding tert-OH is 1. The summed E-state index contributed by atoms with van der Waals surface area (Å²) in [4.78, 5) is 13.9. The quantitative estimate of drug-likeness (QED) is 0.745. The van der Waals surface area contributed by atoms with E-state index in [1.807, 2.05) is 0 Å². The first kappa shape index (κ1) is 20.9.